The smallest absolute Gasteiger partial charge is 0.220 e. The second kappa shape index (κ2) is 5.67. The summed E-state index contributed by atoms with van der Waals surface area (Å²) in [6.45, 7) is 6.24. The number of carbonyl (C=O) groups excluding carboxylic acids is 1. The third-order valence-corrected chi connectivity index (χ3v) is 3.73. The predicted molar refractivity (Wildman–Crippen MR) is 67.1 cm³/mol. The van der Waals surface area contributed by atoms with E-state index in [1.54, 1.807) is 0 Å². The zero-order valence-electron chi connectivity index (χ0n) is 10.9. The summed E-state index contributed by atoms with van der Waals surface area (Å²) in [6, 6.07) is 0.367. The lowest BCUT2D eigenvalue weighted by molar-refractivity contribution is -0.123. The number of hydrogen-bond acceptors (Lipinski definition) is 2. The fourth-order valence-electron chi connectivity index (χ4n) is 2.17. The van der Waals surface area contributed by atoms with Crippen molar-refractivity contribution in [1.29, 1.82) is 0 Å². The maximum atomic E-state index is 11.8. The Hall–Kier alpha value is -0.570. The number of nitrogens with two attached hydrogens (primary N) is 1. The van der Waals surface area contributed by atoms with Gasteiger partial charge in [-0.25, -0.2) is 0 Å². The van der Waals surface area contributed by atoms with Crippen molar-refractivity contribution in [3.8, 4) is 0 Å². The van der Waals surface area contributed by atoms with Crippen LogP contribution in [0.25, 0.3) is 0 Å². The summed E-state index contributed by atoms with van der Waals surface area (Å²) < 4.78 is 0. The highest BCUT2D eigenvalue weighted by Gasteiger charge is 2.23. The molecule has 3 nitrogen and oxygen atoms in total. The highest BCUT2D eigenvalue weighted by atomic mass is 16.1. The van der Waals surface area contributed by atoms with Gasteiger partial charge in [0.05, 0.1) is 0 Å². The van der Waals surface area contributed by atoms with Crippen LogP contribution in [-0.4, -0.2) is 17.5 Å². The Kier molecular flexibility index (Phi) is 4.78. The van der Waals surface area contributed by atoms with Gasteiger partial charge in [-0.2, -0.15) is 0 Å². The fourth-order valence-corrected chi connectivity index (χ4v) is 2.17. The molecule has 3 heteroatoms. The van der Waals surface area contributed by atoms with Gasteiger partial charge in [-0.1, -0.05) is 6.92 Å². The van der Waals surface area contributed by atoms with E-state index < -0.39 is 0 Å². The minimum Gasteiger partial charge on any atom is -0.351 e. The van der Waals surface area contributed by atoms with E-state index >= 15 is 0 Å². The van der Waals surface area contributed by atoms with Crippen molar-refractivity contribution >= 4 is 5.91 Å². The maximum absolute atomic E-state index is 11.8. The second-order valence-corrected chi connectivity index (χ2v) is 5.77. The van der Waals surface area contributed by atoms with Gasteiger partial charge < -0.3 is 11.1 Å². The van der Waals surface area contributed by atoms with E-state index in [1.165, 1.54) is 0 Å². The molecular weight excluding hydrogens is 200 g/mol. The number of amides is 1. The first-order valence-electron chi connectivity index (χ1n) is 6.49. The van der Waals surface area contributed by atoms with E-state index in [-0.39, 0.29) is 11.4 Å². The molecule has 1 amide bonds. The van der Waals surface area contributed by atoms with Gasteiger partial charge in [0.2, 0.25) is 5.91 Å². The predicted octanol–water partition coefficient (Wildman–Crippen LogP) is 2.20. The number of nitrogens with one attached hydrogen (secondary N) is 1. The van der Waals surface area contributed by atoms with Crippen LogP contribution >= 0.6 is 0 Å². The van der Waals surface area contributed by atoms with Gasteiger partial charge in [-0.05, 0) is 51.9 Å². The summed E-state index contributed by atoms with van der Waals surface area (Å²) in [5.41, 5.74) is 5.78. The molecule has 1 saturated carbocycles. The average Bonchev–Trinajstić information content (AvgIpc) is 2.21. The summed E-state index contributed by atoms with van der Waals surface area (Å²) in [7, 11) is 0. The monoisotopic (exact) mass is 226 g/mol. The molecule has 1 fully saturated rings. The quantitative estimate of drug-likeness (QED) is 0.772. The number of carbonyl (C=O) groups is 1. The molecule has 0 aromatic carbocycles. The van der Waals surface area contributed by atoms with Crippen molar-refractivity contribution in [3.63, 3.8) is 0 Å². The first-order chi connectivity index (χ1) is 7.43. The molecule has 0 atom stereocenters. The Morgan fingerprint density at radius 3 is 2.38 bits per heavy atom. The van der Waals surface area contributed by atoms with Crippen LogP contribution in [0.3, 0.4) is 0 Å². The Bertz CT molecular complexity index is 230. The summed E-state index contributed by atoms with van der Waals surface area (Å²) in [6.07, 6.45) is 6.02. The standard InChI is InChI=1S/C13H26N2O/c1-4-13(2,3)15-12(16)9-10-5-7-11(14)8-6-10/h10-11H,4-9,14H2,1-3H3,(H,15,16). The van der Waals surface area contributed by atoms with Gasteiger partial charge in [-0.3, -0.25) is 4.79 Å². The molecule has 1 aliphatic rings. The van der Waals surface area contributed by atoms with E-state index in [1.807, 2.05) is 0 Å². The minimum absolute atomic E-state index is 0.0673. The molecule has 1 rings (SSSR count). The molecular formula is C13H26N2O. The zero-order valence-corrected chi connectivity index (χ0v) is 10.9. The van der Waals surface area contributed by atoms with Crippen LogP contribution in [0.5, 0.6) is 0 Å². The SMILES string of the molecule is CCC(C)(C)NC(=O)CC1CCC(N)CC1. The lowest BCUT2D eigenvalue weighted by atomic mass is 9.84. The Balaban J connectivity index is 2.29. The Morgan fingerprint density at radius 2 is 1.88 bits per heavy atom. The summed E-state index contributed by atoms with van der Waals surface area (Å²) in [5, 5.41) is 3.09. The highest BCUT2D eigenvalue weighted by Crippen LogP contribution is 2.26. The molecule has 0 unspecified atom stereocenters. The van der Waals surface area contributed by atoms with Crippen LogP contribution in [-0.2, 0) is 4.79 Å². The summed E-state index contributed by atoms with van der Waals surface area (Å²) in [4.78, 5) is 11.8. The first-order valence-corrected chi connectivity index (χ1v) is 6.49. The van der Waals surface area contributed by atoms with Crippen molar-refractivity contribution < 1.29 is 4.79 Å². The van der Waals surface area contributed by atoms with Crippen molar-refractivity contribution in [2.24, 2.45) is 11.7 Å². The number of hydrogen-bond donors (Lipinski definition) is 2. The van der Waals surface area contributed by atoms with Crippen LogP contribution in [0.15, 0.2) is 0 Å². The largest absolute Gasteiger partial charge is 0.351 e. The van der Waals surface area contributed by atoms with E-state index in [9.17, 15) is 4.79 Å². The Labute approximate surface area is 99.2 Å². The molecule has 3 N–H and O–H groups in total. The van der Waals surface area contributed by atoms with Crippen molar-refractivity contribution in [3.05, 3.63) is 0 Å². The molecule has 0 radical (unpaired) electrons. The second-order valence-electron chi connectivity index (χ2n) is 5.77. The molecule has 1 aliphatic carbocycles. The van der Waals surface area contributed by atoms with E-state index in [0.717, 1.165) is 32.1 Å². The van der Waals surface area contributed by atoms with Crippen molar-refractivity contribution in [2.75, 3.05) is 0 Å². The fraction of sp³-hybridized carbons (Fsp3) is 0.923. The van der Waals surface area contributed by atoms with Crippen molar-refractivity contribution in [1.82, 2.24) is 5.32 Å². The Morgan fingerprint density at radius 1 is 1.31 bits per heavy atom. The summed E-state index contributed by atoms with van der Waals surface area (Å²) >= 11 is 0. The zero-order chi connectivity index (χ0) is 12.2. The van der Waals surface area contributed by atoms with Gasteiger partial charge >= 0.3 is 0 Å². The van der Waals surface area contributed by atoms with E-state index in [0.29, 0.717) is 18.4 Å². The molecule has 94 valence electrons. The molecule has 0 spiro atoms. The molecule has 0 aliphatic heterocycles. The van der Waals surface area contributed by atoms with Crippen LogP contribution in [0, 0.1) is 5.92 Å². The highest BCUT2D eigenvalue weighted by molar-refractivity contribution is 5.76. The third-order valence-electron chi connectivity index (χ3n) is 3.73. The maximum Gasteiger partial charge on any atom is 0.220 e. The molecule has 0 bridgehead atoms. The molecule has 0 aromatic heterocycles. The molecule has 0 aromatic rings. The van der Waals surface area contributed by atoms with Gasteiger partial charge in [0, 0.05) is 18.0 Å². The van der Waals surface area contributed by atoms with Gasteiger partial charge in [0.25, 0.3) is 0 Å². The average molecular weight is 226 g/mol. The summed E-state index contributed by atoms with van der Waals surface area (Å²) in [5.74, 6) is 0.750. The van der Waals surface area contributed by atoms with E-state index in [4.69, 9.17) is 5.73 Å². The lowest BCUT2D eigenvalue weighted by Crippen LogP contribution is -2.43. The third kappa shape index (κ3) is 4.52. The normalized spacial score (nSPS) is 26.5. The minimum atomic E-state index is -0.0673. The van der Waals surface area contributed by atoms with Crippen LogP contribution < -0.4 is 11.1 Å². The van der Waals surface area contributed by atoms with Crippen LogP contribution in [0.1, 0.15) is 59.3 Å². The van der Waals surface area contributed by atoms with Crippen LogP contribution in [0.4, 0.5) is 0 Å². The van der Waals surface area contributed by atoms with Gasteiger partial charge in [0.1, 0.15) is 0 Å². The molecule has 16 heavy (non-hydrogen) atoms. The van der Waals surface area contributed by atoms with Crippen LogP contribution in [0.2, 0.25) is 0 Å². The van der Waals surface area contributed by atoms with Gasteiger partial charge in [0.15, 0.2) is 0 Å². The van der Waals surface area contributed by atoms with Gasteiger partial charge in [-0.15, -0.1) is 0 Å². The first kappa shape index (κ1) is 13.5. The topological polar surface area (TPSA) is 55.1 Å². The van der Waals surface area contributed by atoms with Crippen molar-refractivity contribution in [2.45, 2.75) is 70.9 Å². The lowest BCUT2D eigenvalue weighted by Gasteiger charge is -2.28. The number of rotatable bonds is 4. The molecule has 0 heterocycles. The van der Waals surface area contributed by atoms with E-state index in [2.05, 4.69) is 26.1 Å². The molecule has 0 saturated heterocycles.